The number of benzene rings is 1. The van der Waals surface area contributed by atoms with Crippen LogP contribution in [0.4, 0.5) is 17.6 Å². The van der Waals surface area contributed by atoms with E-state index in [1.165, 1.54) is 11.0 Å². The summed E-state index contributed by atoms with van der Waals surface area (Å²) in [6, 6.07) is 12.0. The summed E-state index contributed by atoms with van der Waals surface area (Å²) >= 11 is 0. The van der Waals surface area contributed by atoms with Crippen molar-refractivity contribution in [1.82, 2.24) is 25.4 Å². The number of allylic oxidation sites excluding steroid dienone is 4. The van der Waals surface area contributed by atoms with Crippen LogP contribution in [0, 0.1) is 5.95 Å². The first-order valence-corrected chi connectivity index (χ1v) is 13.5. The number of pyridine rings is 1. The van der Waals surface area contributed by atoms with Gasteiger partial charge in [-0.05, 0) is 55.2 Å². The molecular formula is C32H35F4N5O. The van der Waals surface area contributed by atoms with Crippen LogP contribution in [-0.2, 0) is 11.2 Å². The van der Waals surface area contributed by atoms with Crippen LogP contribution >= 0.6 is 0 Å². The van der Waals surface area contributed by atoms with Crippen LogP contribution in [0.25, 0.3) is 23.3 Å². The van der Waals surface area contributed by atoms with Crippen molar-refractivity contribution in [3.05, 3.63) is 106 Å². The van der Waals surface area contributed by atoms with Gasteiger partial charge in [0.15, 0.2) is 0 Å². The second-order valence-corrected chi connectivity index (χ2v) is 9.69. The normalized spacial score (nSPS) is 13.8. The lowest BCUT2D eigenvalue weighted by atomic mass is 9.92. The number of carbonyl (C=O) groups excluding carboxylic acids is 1. The molecule has 1 amide bonds. The van der Waals surface area contributed by atoms with E-state index in [4.69, 9.17) is 0 Å². The maximum absolute atomic E-state index is 13.9. The largest absolute Gasteiger partial charge is 0.393 e. The second-order valence-electron chi connectivity index (χ2n) is 9.69. The summed E-state index contributed by atoms with van der Waals surface area (Å²) < 4.78 is 55.2. The van der Waals surface area contributed by atoms with Gasteiger partial charge in [0.2, 0.25) is 11.9 Å². The van der Waals surface area contributed by atoms with Crippen LogP contribution in [0.2, 0.25) is 0 Å². The smallest absolute Gasteiger partial charge is 0.345 e. The van der Waals surface area contributed by atoms with Gasteiger partial charge in [-0.1, -0.05) is 60.7 Å². The number of hydrogen-bond acceptors (Lipinski definition) is 4. The standard InChI is InChI=1S/C32H35F4N5O/c1-4-26-29(39-40-31(26)33)15-8-14-27(28(21-32(34,35)36)23-11-6-5-7-12-23)24-17-18-25(38-22-24)13-9-19-37-20-10-16-30(42)41(2)3/h4-8,10-12,14-18,22,37,39H,9,13,19-21H2,1-3H3/b14-8+,16-10+,26-4+,28-27-,29-15+. The Morgan fingerprint density at radius 1 is 1.07 bits per heavy atom. The van der Waals surface area contributed by atoms with Gasteiger partial charge in [-0.25, -0.2) is 0 Å². The lowest BCUT2D eigenvalue weighted by Crippen LogP contribution is -2.23. The van der Waals surface area contributed by atoms with E-state index in [1.807, 2.05) is 6.07 Å². The Balaban J connectivity index is 1.86. The van der Waals surface area contributed by atoms with E-state index in [2.05, 4.69) is 20.5 Å². The molecule has 0 spiro atoms. The van der Waals surface area contributed by atoms with Crippen molar-refractivity contribution in [1.29, 1.82) is 0 Å². The molecule has 42 heavy (non-hydrogen) atoms. The second kappa shape index (κ2) is 15.6. The third-order valence-electron chi connectivity index (χ3n) is 6.31. The summed E-state index contributed by atoms with van der Waals surface area (Å²) in [5.74, 6) is -0.729. The minimum absolute atomic E-state index is 0.0766. The number of carbonyl (C=O) groups is 1. The van der Waals surface area contributed by atoms with Crippen molar-refractivity contribution in [2.45, 2.75) is 32.4 Å². The first-order chi connectivity index (χ1) is 20.1. The molecule has 3 aromatic rings. The molecule has 0 unspecified atom stereocenters. The maximum atomic E-state index is 13.9. The van der Waals surface area contributed by atoms with E-state index in [9.17, 15) is 22.4 Å². The van der Waals surface area contributed by atoms with Crippen LogP contribution in [0.3, 0.4) is 0 Å². The first-order valence-electron chi connectivity index (χ1n) is 13.5. The van der Waals surface area contributed by atoms with Crippen LogP contribution in [0.1, 0.15) is 36.6 Å². The number of aryl methyl sites for hydroxylation is 1. The van der Waals surface area contributed by atoms with E-state index in [1.54, 1.807) is 94.0 Å². The molecule has 2 N–H and O–H groups in total. The molecule has 0 radical (unpaired) electrons. The third kappa shape index (κ3) is 9.95. The van der Waals surface area contributed by atoms with Crippen LogP contribution in [-0.4, -0.2) is 59.3 Å². The van der Waals surface area contributed by atoms with Gasteiger partial charge < -0.3 is 10.2 Å². The third-order valence-corrected chi connectivity index (χ3v) is 6.31. The van der Waals surface area contributed by atoms with Crippen LogP contribution in [0.5, 0.6) is 0 Å². The van der Waals surface area contributed by atoms with Crippen molar-refractivity contribution in [3.8, 4) is 0 Å². The van der Waals surface area contributed by atoms with Gasteiger partial charge in [0, 0.05) is 44.2 Å². The van der Waals surface area contributed by atoms with Gasteiger partial charge in [-0.3, -0.25) is 14.9 Å². The number of halogens is 4. The van der Waals surface area contributed by atoms with Crippen molar-refractivity contribution in [2.75, 3.05) is 27.2 Å². The number of alkyl halides is 3. The molecular weight excluding hydrogens is 546 g/mol. The van der Waals surface area contributed by atoms with Gasteiger partial charge in [0.25, 0.3) is 0 Å². The molecule has 6 nitrogen and oxygen atoms in total. The summed E-state index contributed by atoms with van der Waals surface area (Å²) in [5.41, 5.74) is 2.24. The Morgan fingerprint density at radius 3 is 2.48 bits per heavy atom. The Morgan fingerprint density at radius 2 is 1.83 bits per heavy atom. The Hall–Kier alpha value is -4.31. The predicted molar refractivity (Wildman–Crippen MR) is 159 cm³/mol. The van der Waals surface area contributed by atoms with E-state index in [0.29, 0.717) is 41.6 Å². The molecule has 0 saturated heterocycles. The molecule has 1 aromatic carbocycles. The fourth-order valence-corrected chi connectivity index (χ4v) is 4.17. The summed E-state index contributed by atoms with van der Waals surface area (Å²) in [6.07, 6.45) is 7.05. The molecule has 2 heterocycles. The number of H-pyrrole nitrogens is 1. The molecule has 3 rings (SSSR count). The molecule has 0 bridgehead atoms. The van der Waals surface area contributed by atoms with Crippen molar-refractivity contribution in [3.63, 3.8) is 0 Å². The number of aromatic amines is 1. The van der Waals surface area contributed by atoms with Gasteiger partial charge in [-0.15, -0.1) is 5.10 Å². The Labute approximate surface area is 242 Å². The maximum Gasteiger partial charge on any atom is 0.393 e. The zero-order valence-electron chi connectivity index (χ0n) is 23.9. The molecule has 2 aromatic heterocycles. The molecule has 10 heteroatoms. The highest BCUT2D eigenvalue weighted by atomic mass is 19.4. The summed E-state index contributed by atoms with van der Waals surface area (Å²) in [7, 11) is 3.38. The highest BCUT2D eigenvalue weighted by molar-refractivity contribution is 5.96. The summed E-state index contributed by atoms with van der Waals surface area (Å²) in [6.45, 7) is 2.95. The zero-order chi connectivity index (χ0) is 30.5. The van der Waals surface area contributed by atoms with Crippen LogP contribution < -0.4 is 15.9 Å². The lowest BCUT2D eigenvalue weighted by molar-refractivity contribution is -0.124. The molecule has 0 atom stereocenters. The monoisotopic (exact) mass is 581 g/mol. The zero-order valence-corrected chi connectivity index (χ0v) is 23.9. The van der Waals surface area contributed by atoms with E-state index < -0.39 is 18.5 Å². The number of nitrogens with zero attached hydrogens (tertiary/aromatic N) is 3. The number of likely N-dealkylation sites (N-methyl/N-ethyl adjacent to an activating group) is 1. The summed E-state index contributed by atoms with van der Waals surface area (Å²) in [5, 5.41) is 10.1. The van der Waals surface area contributed by atoms with Crippen LogP contribution in [0.15, 0.2) is 73.0 Å². The van der Waals surface area contributed by atoms with Gasteiger partial charge >= 0.3 is 6.18 Å². The summed E-state index contributed by atoms with van der Waals surface area (Å²) in [4.78, 5) is 17.6. The Kier molecular flexibility index (Phi) is 12.0. The fraction of sp³-hybridized carbons (Fsp3) is 0.281. The van der Waals surface area contributed by atoms with E-state index in [0.717, 1.165) is 12.1 Å². The van der Waals surface area contributed by atoms with E-state index in [-0.39, 0.29) is 16.7 Å². The quantitative estimate of drug-likeness (QED) is 0.139. The topological polar surface area (TPSA) is 73.9 Å². The highest BCUT2D eigenvalue weighted by Gasteiger charge is 2.30. The average molecular weight is 582 g/mol. The first kappa shape index (κ1) is 32.2. The number of amides is 1. The van der Waals surface area contributed by atoms with E-state index >= 15 is 0 Å². The predicted octanol–water partition coefficient (Wildman–Crippen LogP) is 4.81. The van der Waals surface area contributed by atoms with Gasteiger partial charge in [0.1, 0.15) is 0 Å². The number of hydrogen-bond donors (Lipinski definition) is 2. The minimum atomic E-state index is -4.44. The van der Waals surface area contributed by atoms with Gasteiger partial charge in [0.05, 0.1) is 17.0 Å². The van der Waals surface area contributed by atoms with Crippen molar-refractivity contribution >= 4 is 29.2 Å². The van der Waals surface area contributed by atoms with Gasteiger partial charge in [-0.2, -0.15) is 17.6 Å². The molecule has 222 valence electrons. The van der Waals surface area contributed by atoms with Crippen molar-refractivity contribution < 1.29 is 22.4 Å². The average Bonchev–Trinajstić information content (AvgIpc) is 3.32. The number of aromatic nitrogens is 3. The molecule has 0 aliphatic rings. The van der Waals surface area contributed by atoms with Crippen molar-refractivity contribution in [2.24, 2.45) is 0 Å². The molecule has 0 aliphatic heterocycles. The number of rotatable bonds is 12. The lowest BCUT2D eigenvalue weighted by Gasteiger charge is -2.16. The molecule has 0 aliphatic carbocycles. The SMILES string of the molecule is C/C=c1/c(F)n[nH]/c1=C/C=C/C(=C(\CC(F)(F)F)c1ccccc1)c1ccc(CCCNC/C=C/C(=O)N(C)C)nc1. The fourth-order valence-electron chi connectivity index (χ4n) is 4.17. The minimum Gasteiger partial charge on any atom is -0.345 e. The number of nitrogens with one attached hydrogen (secondary N) is 2. The highest BCUT2D eigenvalue weighted by Crippen LogP contribution is 2.36. The molecule has 0 saturated carbocycles. The molecule has 0 fully saturated rings. The Bertz CT molecular complexity index is 1520.